The lowest BCUT2D eigenvalue weighted by Crippen LogP contribution is -2.33. The number of amides is 2. The maximum Gasteiger partial charge on any atom is 0.312 e. The van der Waals surface area contributed by atoms with Gasteiger partial charge in [-0.05, 0) is 12.1 Å². The van der Waals surface area contributed by atoms with Crippen LogP contribution in [0.3, 0.4) is 0 Å². The van der Waals surface area contributed by atoms with Gasteiger partial charge in [-0.25, -0.2) is 4.79 Å². The molecule has 0 spiro atoms. The highest BCUT2D eigenvalue weighted by Crippen LogP contribution is 2.20. The number of urea groups is 1. The molecule has 0 fully saturated rings. The van der Waals surface area contributed by atoms with E-state index in [2.05, 4.69) is 15.6 Å². The van der Waals surface area contributed by atoms with Crippen molar-refractivity contribution in [3.05, 3.63) is 36.5 Å². The summed E-state index contributed by atoms with van der Waals surface area (Å²) in [5.41, 5.74) is 6.92. The lowest BCUT2D eigenvalue weighted by Gasteiger charge is -2.09. The number of anilines is 1. The molecule has 0 aliphatic carbocycles. The van der Waals surface area contributed by atoms with E-state index in [0.29, 0.717) is 13.1 Å². The van der Waals surface area contributed by atoms with Crippen molar-refractivity contribution in [1.82, 2.24) is 10.3 Å². The molecule has 0 saturated carbocycles. The number of carbonyl (C=O) groups excluding carboxylic acids is 1. The van der Waals surface area contributed by atoms with Crippen molar-refractivity contribution in [2.75, 3.05) is 18.4 Å². The zero-order chi connectivity index (χ0) is 12.1. The van der Waals surface area contributed by atoms with Crippen LogP contribution >= 0.6 is 0 Å². The van der Waals surface area contributed by atoms with Gasteiger partial charge in [0.25, 0.3) is 0 Å². The van der Waals surface area contributed by atoms with Crippen LogP contribution in [0.5, 0.6) is 0 Å². The number of nitrogens with two attached hydrogens (primary N) is 1. The van der Waals surface area contributed by atoms with E-state index in [9.17, 15) is 4.79 Å². The summed E-state index contributed by atoms with van der Waals surface area (Å²) in [5, 5.41) is 6.82. The number of pyridine rings is 1. The number of rotatable bonds is 4. The summed E-state index contributed by atoms with van der Waals surface area (Å²) < 4.78 is 0. The third kappa shape index (κ3) is 2.84. The Morgan fingerprint density at radius 2 is 2.06 bits per heavy atom. The number of aromatic nitrogens is 1. The van der Waals surface area contributed by atoms with Crippen LogP contribution < -0.4 is 16.4 Å². The van der Waals surface area contributed by atoms with Gasteiger partial charge in [-0.2, -0.15) is 0 Å². The molecule has 2 rings (SSSR count). The Morgan fingerprint density at radius 3 is 2.88 bits per heavy atom. The second kappa shape index (κ2) is 5.16. The molecule has 5 heteroatoms. The summed E-state index contributed by atoms with van der Waals surface area (Å²) in [6.07, 6.45) is 1.76. The lowest BCUT2D eigenvalue weighted by molar-refractivity contribution is 0.249. The maximum absolute atomic E-state index is 10.5. The topological polar surface area (TPSA) is 80.0 Å². The van der Waals surface area contributed by atoms with E-state index in [1.54, 1.807) is 6.20 Å². The number of primary amides is 1. The van der Waals surface area contributed by atoms with E-state index >= 15 is 0 Å². The van der Waals surface area contributed by atoms with Crippen molar-refractivity contribution < 1.29 is 4.79 Å². The van der Waals surface area contributed by atoms with Gasteiger partial charge in [-0.3, -0.25) is 4.98 Å². The molecule has 17 heavy (non-hydrogen) atoms. The third-order valence-electron chi connectivity index (χ3n) is 2.39. The van der Waals surface area contributed by atoms with Gasteiger partial charge < -0.3 is 16.4 Å². The van der Waals surface area contributed by atoms with Gasteiger partial charge in [-0.1, -0.05) is 18.2 Å². The Balaban J connectivity index is 2.05. The minimum atomic E-state index is -0.508. The van der Waals surface area contributed by atoms with Gasteiger partial charge in [0.05, 0.1) is 5.52 Å². The fraction of sp³-hybridized carbons (Fsp3) is 0.167. The van der Waals surface area contributed by atoms with Crippen LogP contribution in [0.4, 0.5) is 10.5 Å². The molecule has 0 saturated heterocycles. The Hall–Kier alpha value is -2.30. The average Bonchev–Trinajstić information content (AvgIpc) is 2.34. The van der Waals surface area contributed by atoms with Crippen LogP contribution in [0.25, 0.3) is 10.9 Å². The summed E-state index contributed by atoms with van der Waals surface area (Å²) in [5.74, 6) is 0. The van der Waals surface area contributed by atoms with Crippen LogP contribution in [-0.4, -0.2) is 24.1 Å². The number of hydrogen-bond donors (Lipinski definition) is 3. The number of fused-ring (bicyclic) bond motifs is 1. The van der Waals surface area contributed by atoms with Crippen LogP contribution in [-0.2, 0) is 0 Å². The highest BCUT2D eigenvalue weighted by atomic mass is 16.2. The maximum atomic E-state index is 10.5. The molecule has 1 aromatic carbocycles. The van der Waals surface area contributed by atoms with Crippen LogP contribution in [0, 0.1) is 0 Å². The molecule has 1 heterocycles. The molecule has 0 unspecified atom stereocenters. The molecular formula is C12H14N4O. The summed E-state index contributed by atoms with van der Waals surface area (Å²) in [4.78, 5) is 14.8. The first-order valence-corrected chi connectivity index (χ1v) is 5.38. The monoisotopic (exact) mass is 230 g/mol. The van der Waals surface area contributed by atoms with Gasteiger partial charge in [0.15, 0.2) is 0 Å². The molecule has 2 amide bonds. The zero-order valence-corrected chi connectivity index (χ0v) is 9.31. The number of benzene rings is 1. The molecule has 2 aromatic rings. The SMILES string of the molecule is NC(=O)NCCNc1ccnc2ccccc12. The first-order valence-electron chi connectivity index (χ1n) is 5.38. The zero-order valence-electron chi connectivity index (χ0n) is 9.31. The van der Waals surface area contributed by atoms with E-state index in [1.165, 1.54) is 0 Å². The molecule has 0 aliphatic heterocycles. The highest BCUT2D eigenvalue weighted by Gasteiger charge is 1.99. The van der Waals surface area contributed by atoms with Crippen molar-refractivity contribution in [2.45, 2.75) is 0 Å². The normalized spacial score (nSPS) is 10.1. The fourth-order valence-corrected chi connectivity index (χ4v) is 1.63. The summed E-state index contributed by atoms with van der Waals surface area (Å²) in [6.45, 7) is 1.11. The number of para-hydroxylation sites is 1. The Labute approximate surface area is 99.0 Å². The van der Waals surface area contributed by atoms with Crippen LogP contribution in [0.15, 0.2) is 36.5 Å². The van der Waals surface area contributed by atoms with Crippen molar-refractivity contribution in [1.29, 1.82) is 0 Å². The van der Waals surface area contributed by atoms with Crippen molar-refractivity contribution in [2.24, 2.45) is 5.73 Å². The van der Waals surface area contributed by atoms with E-state index in [1.807, 2.05) is 30.3 Å². The van der Waals surface area contributed by atoms with E-state index in [-0.39, 0.29) is 0 Å². The number of nitrogens with one attached hydrogen (secondary N) is 2. The number of carbonyl (C=O) groups is 1. The molecule has 0 atom stereocenters. The molecule has 88 valence electrons. The van der Waals surface area contributed by atoms with Crippen molar-refractivity contribution in [3.8, 4) is 0 Å². The smallest absolute Gasteiger partial charge is 0.312 e. The Kier molecular flexibility index (Phi) is 3.40. The van der Waals surface area contributed by atoms with Gasteiger partial charge in [0.1, 0.15) is 0 Å². The van der Waals surface area contributed by atoms with Gasteiger partial charge in [0.2, 0.25) is 0 Å². The molecule has 0 bridgehead atoms. The van der Waals surface area contributed by atoms with Gasteiger partial charge >= 0.3 is 6.03 Å². The van der Waals surface area contributed by atoms with Gasteiger partial charge in [-0.15, -0.1) is 0 Å². The first kappa shape index (κ1) is 11.2. The summed E-state index contributed by atoms with van der Waals surface area (Å²) >= 11 is 0. The quantitative estimate of drug-likeness (QED) is 0.693. The van der Waals surface area contributed by atoms with E-state index in [4.69, 9.17) is 5.73 Å². The number of hydrogen-bond acceptors (Lipinski definition) is 3. The van der Waals surface area contributed by atoms with Crippen molar-refractivity contribution >= 4 is 22.6 Å². The summed E-state index contributed by atoms with van der Waals surface area (Å²) in [6, 6.07) is 9.29. The average molecular weight is 230 g/mol. The number of nitrogens with zero attached hydrogens (tertiary/aromatic N) is 1. The Bertz CT molecular complexity index is 521. The molecular weight excluding hydrogens is 216 g/mol. The first-order chi connectivity index (χ1) is 8.27. The predicted octanol–water partition coefficient (Wildman–Crippen LogP) is 1.31. The fourth-order valence-electron chi connectivity index (χ4n) is 1.63. The van der Waals surface area contributed by atoms with Gasteiger partial charge in [0, 0.05) is 30.4 Å². The Morgan fingerprint density at radius 1 is 1.24 bits per heavy atom. The molecule has 4 N–H and O–H groups in total. The third-order valence-corrected chi connectivity index (χ3v) is 2.39. The second-order valence-corrected chi connectivity index (χ2v) is 3.59. The predicted molar refractivity (Wildman–Crippen MR) is 67.8 cm³/mol. The second-order valence-electron chi connectivity index (χ2n) is 3.59. The molecule has 5 nitrogen and oxygen atoms in total. The van der Waals surface area contributed by atoms with E-state index in [0.717, 1.165) is 16.6 Å². The van der Waals surface area contributed by atoms with Crippen LogP contribution in [0.2, 0.25) is 0 Å². The molecule has 0 aliphatic rings. The molecule has 1 aromatic heterocycles. The standard InChI is InChI=1S/C12H14N4O/c13-12(17)16-8-7-15-11-5-6-14-10-4-2-1-3-9(10)11/h1-6H,7-8H2,(H,14,15)(H3,13,16,17). The lowest BCUT2D eigenvalue weighted by atomic mass is 10.2. The van der Waals surface area contributed by atoms with Crippen molar-refractivity contribution in [3.63, 3.8) is 0 Å². The molecule has 0 radical (unpaired) electrons. The minimum Gasteiger partial charge on any atom is -0.383 e. The highest BCUT2D eigenvalue weighted by molar-refractivity contribution is 5.90. The minimum absolute atomic E-state index is 0.492. The largest absolute Gasteiger partial charge is 0.383 e. The van der Waals surface area contributed by atoms with Crippen LogP contribution in [0.1, 0.15) is 0 Å². The van der Waals surface area contributed by atoms with E-state index < -0.39 is 6.03 Å². The summed E-state index contributed by atoms with van der Waals surface area (Å²) in [7, 11) is 0.